The molecule has 0 radical (unpaired) electrons. The van der Waals surface area contributed by atoms with E-state index < -0.39 is 5.91 Å². The van der Waals surface area contributed by atoms with E-state index in [-0.39, 0.29) is 18.6 Å². The van der Waals surface area contributed by atoms with Crippen LogP contribution < -0.4 is 15.8 Å². The van der Waals surface area contributed by atoms with Crippen LogP contribution >= 0.6 is 0 Å². The number of carbonyl (C=O) groups excluding carboxylic acids is 2. The molecule has 1 atom stereocenters. The molecule has 0 spiro atoms. The Hall–Kier alpha value is -2.04. The van der Waals surface area contributed by atoms with Crippen LogP contribution in [-0.2, 0) is 4.79 Å². The lowest BCUT2D eigenvalue weighted by Crippen LogP contribution is -2.36. The summed E-state index contributed by atoms with van der Waals surface area (Å²) >= 11 is 0. The van der Waals surface area contributed by atoms with E-state index in [0.717, 1.165) is 12.8 Å². The van der Waals surface area contributed by atoms with Gasteiger partial charge in [0.1, 0.15) is 5.75 Å². The quantitative estimate of drug-likeness (QED) is 0.735. The van der Waals surface area contributed by atoms with Gasteiger partial charge in [-0.15, -0.1) is 0 Å². The van der Waals surface area contributed by atoms with E-state index in [9.17, 15) is 9.59 Å². The number of rotatable bonds is 9. The van der Waals surface area contributed by atoms with Gasteiger partial charge in [-0.1, -0.05) is 26.7 Å². The minimum absolute atomic E-state index is 0.0373. The van der Waals surface area contributed by atoms with Gasteiger partial charge in [-0.3, -0.25) is 9.59 Å². The number of nitrogens with two attached hydrogens (primary N) is 1. The maximum atomic E-state index is 11.8. The highest BCUT2D eigenvalue weighted by Crippen LogP contribution is 2.12. The fourth-order valence-corrected chi connectivity index (χ4v) is 2.09. The lowest BCUT2D eigenvalue weighted by molar-refractivity contribution is -0.123. The van der Waals surface area contributed by atoms with Gasteiger partial charge >= 0.3 is 0 Å². The van der Waals surface area contributed by atoms with Crippen molar-refractivity contribution in [2.45, 2.75) is 46.1 Å². The predicted molar refractivity (Wildman–Crippen MR) is 86.7 cm³/mol. The van der Waals surface area contributed by atoms with Gasteiger partial charge in [-0.25, -0.2) is 0 Å². The fourth-order valence-electron chi connectivity index (χ4n) is 2.09. The van der Waals surface area contributed by atoms with Crippen molar-refractivity contribution in [3.8, 4) is 5.75 Å². The first kappa shape index (κ1) is 18.0. The number of primary amides is 1. The standard InChI is InChI=1S/C17H26N2O3/c1-12(2)5-4-6-13(3)19-16(20)11-22-15-9-7-14(8-10-15)17(18)21/h7-10,12-13H,4-6,11H2,1-3H3,(H2,18,21)(H,19,20)/t13-/m0/s1. The van der Waals surface area contributed by atoms with E-state index >= 15 is 0 Å². The monoisotopic (exact) mass is 306 g/mol. The van der Waals surface area contributed by atoms with Crippen LogP contribution in [0.5, 0.6) is 5.75 Å². The van der Waals surface area contributed by atoms with Gasteiger partial charge < -0.3 is 15.8 Å². The molecule has 3 N–H and O–H groups in total. The number of nitrogens with one attached hydrogen (secondary N) is 1. The van der Waals surface area contributed by atoms with E-state index in [1.54, 1.807) is 24.3 Å². The van der Waals surface area contributed by atoms with Gasteiger partial charge in [0.05, 0.1) is 0 Å². The zero-order valence-electron chi connectivity index (χ0n) is 13.6. The Labute approximate surface area is 132 Å². The summed E-state index contributed by atoms with van der Waals surface area (Å²) < 4.78 is 5.38. The highest BCUT2D eigenvalue weighted by molar-refractivity contribution is 5.92. The smallest absolute Gasteiger partial charge is 0.258 e. The first-order valence-corrected chi connectivity index (χ1v) is 7.70. The number of hydrogen-bond acceptors (Lipinski definition) is 3. The Morgan fingerprint density at radius 2 is 1.77 bits per heavy atom. The van der Waals surface area contributed by atoms with Crippen LogP contribution in [0.4, 0.5) is 0 Å². The normalized spacial score (nSPS) is 12.0. The van der Waals surface area contributed by atoms with Gasteiger partial charge in [0.25, 0.3) is 5.91 Å². The van der Waals surface area contributed by atoms with E-state index in [1.807, 2.05) is 6.92 Å². The van der Waals surface area contributed by atoms with Crippen LogP contribution in [0.2, 0.25) is 0 Å². The third-order valence-electron chi connectivity index (χ3n) is 3.33. The zero-order valence-corrected chi connectivity index (χ0v) is 13.6. The van der Waals surface area contributed by atoms with Crippen LogP contribution in [-0.4, -0.2) is 24.5 Å². The molecular weight excluding hydrogens is 280 g/mol. The third-order valence-corrected chi connectivity index (χ3v) is 3.33. The van der Waals surface area contributed by atoms with Gasteiger partial charge in [0, 0.05) is 11.6 Å². The molecular formula is C17H26N2O3. The summed E-state index contributed by atoms with van der Waals surface area (Å²) in [5.41, 5.74) is 5.57. The summed E-state index contributed by atoms with van der Waals surface area (Å²) in [7, 11) is 0. The lowest BCUT2D eigenvalue weighted by Gasteiger charge is -2.15. The molecule has 0 bridgehead atoms. The molecule has 0 aromatic heterocycles. The van der Waals surface area contributed by atoms with Crippen LogP contribution in [0.1, 0.15) is 50.4 Å². The second kappa shape index (κ2) is 9.07. The third kappa shape index (κ3) is 7.11. The lowest BCUT2D eigenvalue weighted by atomic mass is 10.0. The van der Waals surface area contributed by atoms with Crippen molar-refractivity contribution in [3.05, 3.63) is 29.8 Å². The number of carbonyl (C=O) groups is 2. The molecule has 0 saturated heterocycles. The number of ether oxygens (including phenoxy) is 1. The first-order chi connectivity index (χ1) is 10.4. The minimum atomic E-state index is -0.487. The van der Waals surface area contributed by atoms with Crippen LogP contribution in [0, 0.1) is 5.92 Å². The molecule has 0 fully saturated rings. The zero-order chi connectivity index (χ0) is 16.5. The molecule has 1 rings (SSSR count). The predicted octanol–water partition coefficient (Wildman–Crippen LogP) is 2.50. The van der Waals surface area contributed by atoms with Crippen molar-refractivity contribution >= 4 is 11.8 Å². The molecule has 5 nitrogen and oxygen atoms in total. The molecule has 0 heterocycles. The molecule has 122 valence electrons. The number of hydrogen-bond donors (Lipinski definition) is 2. The molecule has 2 amide bonds. The van der Waals surface area contributed by atoms with Crippen molar-refractivity contribution in [2.75, 3.05) is 6.61 Å². The van der Waals surface area contributed by atoms with Crippen LogP contribution in [0.3, 0.4) is 0 Å². The topological polar surface area (TPSA) is 81.4 Å². The molecule has 5 heteroatoms. The molecule has 0 saturated carbocycles. The van der Waals surface area contributed by atoms with E-state index in [4.69, 9.17) is 10.5 Å². The molecule has 22 heavy (non-hydrogen) atoms. The maximum Gasteiger partial charge on any atom is 0.258 e. The first-order valence-electron chi connectivity index (χ1n) is 7.70. The minimum Gasteiger partial charge on any atom is -0.484 e. The summed E-state index contributed by atoms with van der Waals surface area (Å²) in [6, 6.07) is 6.54. The maximum absolute atomic E-state index is 11.8. The number of amides is 2. The summed E-state index contributed by atoms with van der Waals surface area (Å²) in [6.45, 7) is 6.35. The largest absolute Gasteiger partial charge is 0.484 e. The second-order valence-corrected chi connectivity index (χ2v) is 5.97. The van der Waals surface area contributed by atoms with Gasteiger partial charge in [-0.2, -0.15) is 0 Å². The van der Waals surface area contributed by atoms with E-state index in [0.29, 0.717) is 17.2 Å². The Kier molecular flexibility index (Phi) is 7.43. The number of benzene rings is 1. The van der Waals surface area contributed by atoms with Gasteiger partial charge in [-0.05, 0) is 43.5 Å². The van der Waals surface area contributed by atoms with Crippen molar-refractivity contribution < 1.29 is 14.3 Å². The van der Waals surface area contributed by atoms with Gasteiger partial charge in [0.2, 0.25) is 5.91 Å². The van der Waals surface area contributed by atoms with Crippen molar-refractivity contribution in [1.82, 2.24) is 5.32 Å². The average molecular weight is 306 g/mol. The SMILES string of the molecule is CC(C)CCC[C@H](C)NC(=O)COc1ccc(C(N)=O)cc1. The molecule has 1 aromatic carbocycles. The molecule has 0 unspecified atom stereocenters. The summed E-state index contributed by atoms with van der Waals surface area (Å²) in [6.07, 6.45) is 3.24. The Morgan fingerprint density at radius 3 is 2.32 bits per heavy atom. The van der Waals surface area contributed by atoms with E-state index in [2.05, 4.69) is 19.2 Å². The molecule has 0 aliphatic rings. The highest BCUT2D eigenvalue weighted by Gasteiger charge is 2.09. The Morgan fingerprint density at radius 1 is 1.14 bits per heavy atom. The highest BCUT2D eigenvalue weighted by atomic mass is 16.5. The Bertz CT molecular complexity index is 483. The second-order valence-electron chi connectivity index (χ2n) is 5.97. The molecule has 0 aliphatic heterocycles. The van der Waals surface area contributed by atoms with Crippen molar-refractivity contribution in [2.24, 2.45) is 11.7 Å². The van der Waals surface area contributed by atoms with Crippen LogP contribution in [0.25, 0.3) is 0 Å². The average Bonchev–Trinajstić information content (AvgIpc) is 2.45. The molecule has 0 aliphatic carbocycles. The molecule has 1 aromatic rings. The summed E-state index contributed by atoms with van der Waals surface area (Å²) in [5, 5.41) is 2.92. The van der Waals surface area contributed by atoms with Crippen molar-refractivity contribution in [1.29, 1.82) is 0 Å². The van der Waals surface area contributed by atoms with Gasteiger partial charge in [0.15, 0.2) is 6.61 Å². The van der Waals surface area contributed by atoms with E-state index in [1.165, 1.54) is 6.42 Å². The fraction of sp³-hybridized carbons (Fsp3) is 0.529. The Balaban J connectivity index is 2.28. The van der Waals surface area contributed by atoms with Crippen molar-refractivity contribution in [3.63, 3.8) is 0 Å². The van der Waals surface area contributed by atoms with Crippen LogP contribution in [0.15, 0.2) is 24.3 Å². The summed E-state index contributed by atoms with van der Waals surface area (Å²) in [4.78, 5) is 22.7. The summed E-state index contributed by atoms with van der Waals surface area (Å²) in [5.74, 6) is 0.595.